The molecule has 0 bridgehead atoms. The molecule has 0 fully saturated rings. The predicted octanol–water partition coefficient (Wildman–Crippen LogP) is 3.22. The number of sulfonamides is 1. The van der Waals surface area contributed by atoms with Crippen LogP contribution in [0, 0.1) is 0 Å². The predicted molar refractivity (Wildman–Crippen MR) is 129 cm³/mol. The van der Waals surface area contributed by atoms with E-state index in [2.05, 4.69) is 29.9 Å². The highest BCUT2D eigenvalue weighted by Gasteiger charge is 2.16. The Morgan fingerprint density at radius 3 is 2.62 bits per heavy atom. The molecule has 3 aromatic rings. The molecule has 172 valence electrons. The van der Waals surface area contributed by atoms with E-state index >= 15 is 0 Å². The lowest BCUT2D eigenvalue weighted by Gasteiger charge is -2.14. The standard InChI is InChI=1S/C22H30N6O3S/c1-5-6-11-32(29,30)27-20-13-17(14-24-22(20)31-4)16-7-8-19-18(12-16)21(26-15-25-19)23-9-10-28(2)3/h7-8,12-15,27H,5-6,9-11H2,1-4H3,(H,23,25,26). The minimum absolute atomic E-state index is 0.0478. The van der Waals surface area contributed by atoms with Crippen molar-refractivity contribution >= 4 is 32.4 Å². The Labute approximate surface area is 189 Å². The van der Waals surface area contributed by atoms with E-state index in [-0.39, 0.29) is 11.6 Å². The molecule has 32 heavy (non-hydrogen) atoms. The van der Waals surface area contributed by atoms with Crippen molar-refractivity contribution in [3.63, 3.8) is 0 Å². The number of unbranched alkanes of at least 4 members (excludes halogenated alkanes) is 1. The molecule has 3 rings (SSSR count). The summed E-state index contributed by atoms with van der Waals surface area (Å²) in [7, 11) is 2.01. The minimum atomic E-state index is -3.49. The summed E-state index contributed by atoms with van der Waals surface area (Å²) in [5.41, 5.74) is 2.75. The van der Waals surface area contributed by atoms with Gasteiger partial charge in [-0.1, -0.05) is 19.4 Å². The number of nitrogens with one attached hydrogen (secondary N) is 2. The Bertz CT molecular complexity index is 1170. The van der Waals surface area contributed by atoms with E-state index in [0.717, 1.165) is 47.4 Å². The van der Waals surface area contributed by atoms with E-state index in [4.69, 9.17) is 4.74 Å². The molecule has 0 spiro atoms. The first-order chi connectivity index (χ1) is 15.3. The van der Waals surface area contributed by atoms with Crippen molar-refractivity contribution in [1.29, 1.82) is 0 Å². The number of anilines is 2. The Morgan fingerprint density at radius 2 is 1.91 bits per heavy atom. The van der Waals surface area contributed by atoms with Crippen LogP contribution < -0.4 is 14.8 Å². The van der Waals surface area contributed by atoms with E-state index in [0.29, 0.717) is 12.1 Å². The largest absolute Gasteiger partial charge is 0.480 e. The van der Waals surface area contributed by atoms with Crippen LogP contribution in [0.1, 0.15) is 19.8 Å². The molecule has 10 heteroatoms. The molecular formula is C22H30N6O3S. The van der Waals surface area contributed by atoms with Crippen molar-refractivity contribution in [2.24, 2.45) is 0 Å². The third kappa shape index (κ3) is 6.04. The summed E-state index contributed by atoms with van der Waals surface area (Å²) in [6, 6.07) is 7.56. The number of benzene rings is 1. The zero-order valence-corrected chi connectivity index (χ0v) is 19.7. The number of fused-ring (bicyclic) bond motifs is 1. The molecule has 2 aromatic heterocycles. The van der Waals surface area contributed by atoms with Crippen LogP contribution in [0.3, 0.4) is 0 Å². The molecule has 0 saturated carbocycles. The summed E-state index contributed by atoms with van der Waals surface area (Å²) < 4.78 is 32.7. The third-order valence-corrected chi connectivity index (χ3v) is 6.25. The first kappa shape index (κ1) is 23.7. The highest BCUT2D eigenvalue weighted by Crippen LogP contribution is 2.31. The van der Waals surface area contributed by atoms with Gasteiger partial charge in [0, 0.05) is 30.2 Å². The second-order valence-corrected chi connectivity index (χ2v) is 9.58. The average molecular weight is 459 g/mol. The van der Waals surface area contributed by atoms with Gasteiger partial charge in [-0.3, -0.25) is 4.72 Å². The number of hydrogen-bond donors (Lipinski definition) is 2. The lowest BCUT2D eigenvalue weighted by Crippen LogP contribution is -2.21. The molecule has 2 heterocycles. The third-order valence-electron chi connectivity index (χ3n) is 4.90. The van der Waals surface area contributed by atoms with Crippen molar-refractivity contribution in [3.8, 4) is 17.0 Å². The van der Waals surface area contributed by atoms with Crippen molar-refractivity contribution in [3.05, 3.63) is 36.8 Å². The Balaban J connectivity index is 1.95. The van der Waals surface area contributed by atoms with Crippen molar-refractivity contribution in [2.45, 2.75) is 19.8 Å². The summed E-state index contributed by atoms with van der Waals surface area (Å²) in [6.07, 6.45) is 4.57. The number of ether oxygens (including phenoxy) is 1. The van der Waals surface area contributed by atoms with E-state index in [1.165, 1.54) is 13.4 Å². The van der Waals surface area contributed by atoms with Gasteiger partial charge in [0.15, 0.2) is 0 Å². The zero-order chi connectivity index (χ0) is 23.1. The maximum Gasteiger partial charge on any atom is 0.238 e. The highest BCUT2D eigenvalue weighted by molar-refractivity contribution is 7.92. The smallest absolute Gasteiger partial charge is 0.238 e. The Hall–Kier alpha value is -2.98. The lowest BCUT2D eigenvalue weighted by atomic mass is 10.0. The van der Waals surface area contributed by atoms with Crippen LogP contribution in [-0.2, 0) is 10.0 Å². The highest BCUT2D eigenvalue weighted by atomic mass is 32.2. The Kier molecular flexibility index (Phi) is 7.81. The number of rotatable bonds is 11. The second kappa shape index (κ2) is 10.6. The number of methoxy groups -OCH3 is 1. The van der Waals surface area contributed by atoms with Crippen molar-refractivity contribution < 1.29 is 13.2 Å². The number of aromatic nitrogens is 3. The van der Waals surface area contributed by atoms with Crippen molar-refractivity contribution in [1.82, 2.24) is 19.9 Å². The molecule has 9 nitrogen and oxygen atoms in total. The normalized spacial score (nSPS) is 11.7. The van der Waals surface area contributed by atoms with Crippen LogP contribution in [0.15, 0.2) is 36.8 Å². The number of pyridine rings is 1. The topological polar surface area (TPSA) is 109 Å². The van der Waals surface area contributed by atoms with Gasteiger partial charge in [-0.2, -0.15) is 0 Å². The van der Waals surface area contributed by atoms with Gasteiger partial charge in [0.1, 0.15) is 17.8 Å². The van der Waals surface area contributed by atoms with Gasteiger partial charge < -0.3 is 15.0 Å². The van der Waals surface area contributed by atoms with Crippen LogP contribution in [0.2, 0.25) is 0 Å². The molecular weight excluding hydrogens is 428 g/mol. The van der Waals surface area contributed by atoms with Crippen LogP contribution in [0.5, 0.6) is 5.88 Å². The molecule has 0 unspecified atom stereocenters. The van der Waals surface area contributed by atoms with Gasteiger partial charge in [-0.25, -0.2) is 23.4 Å². The fraction of sp³-hybridized carbons (Fsp3) is 0.409. The summed E-state index contributed by atoms with van der Waals surface area (Å²) in [4.78, 5) is 15.1. The maximum absolute atomic E-state index is 12.4. The summed E-state index contributed by atoms with van der Waals surface area (Å²) in [5.74, 6) is 1.02. The van der Waals surface area contributed by atoms with Gasteiger partial charge in [0.25, 0.3) is 0 Å². The summed E-state index contributed by atoms with van der Waals surface area (Å²) >= 11 is 0. The first-order valence-electron chi connectivity index (χ1n) is 10.5. The number of nitrogens with zero attached hydrogens (tertiary/aromatic N) is 4. The molecule has 1 aromatic carbocycles. The molecule has 0 saturated heterocycles. The molecule has 0 aliphatic carbocycles. The lowest BCUT2D eigenvalue weighted by molar-refractivity contribution is 0.400. The summed E-state index contributed by atoms with van der Waals surface area (Å²) in [5, 5.41) is 4.24. The molecule has 2 N–H and O–H groups in total. The van der Waals surface area contributed by atoms with E-state index < -0.39 is 10.0 Å². The van der Waals surface area contributed by atoms with E-state index in [9.17, 15) is 8.42 Å². The summed E-state index contributed by atoms with van der Waals surface area (Å²) in [6.45, 7) is 3.57. The van der Waals surface area contributed by atoms with Gasteiger partial charge >= 0.3 is 0 Å². The average Bonchev–Trinajstić information content (AvgIpc) is 2.77. The van der Waals surface area contributed by atoms with Crippen molar-refractivity contribution in [2.75, 3.05) is 50.1 Å². The van der Waals surface area contributed by atoms with E-state index in [1.807, 2.05) is 39.2 Å². The van der Waals surface area contributed by atoms with Gasteiger partial charge in [0.2, 0.25) is 15.9 Å². The minimum Gasteiger partial charge on any atom is -0.480 e. The van der Waals surface area contributed by atoms with Crippen LogP contribution >= 0.6 is 0 Å². The maximum atomic E-state index is 12.4. The van der Waals surface area contributed by atoms with Gasteiger partial charge in [-0.05, 0) is 44.3 Å². The van der Waals surface area contributed by atoms with Crippen LogP contribution in [0.4, 0.5) is 11.5 Å². The fourth-order valence-corrected chi connectivity index (χ4v) is 4.43. The second-order valence-electron chi connectivity index (χ2n) is 7.74. The quantitative estimate of drug-likeness (QED) is 0.451. The molecule has 0 aliphatic rings. The number of likely N-dealkylation sites (N-methyl/N-ethyl adjacent to an activating group) is 1. The zero-order valence-electron chi connectivity index (χ0n) is 18.9. The monoisotopic (exact) mass is 458 g/mol. The molecule has 0 amide bonds. The van der Waals surface area contributed by atoms with Gasteiger partial charge in [-0.15, -0.1) is 0 Å². The molecule has 0 radical (unpaired) electrons. The SMILES string of the molecule is CCCCS(=O)(=O)Nc1cc(-c2ccc3ncnc(NCCN(C)C)c3c2)cnc1OC. The number of hydrogen-bond acceptors (Lipinski definition) is 8. The van der Waals surface area contributed by atoms with Gasteiger partial charge in [0.05, 0.1) is 18.4 Å². The Morgan fingerprint density at radius 1 is 1.09 bits per heavy atom. The van der Waals surface area contributed by atoms with Crippen LogP contribution in [0.25, 0.3) is 22.0 Å². The molecule has 0 aliphatic heterocycles. The van der Waals surface area contributed by atoms with Crippen LogP contribution in [-0.4, -0.2) is 68.3 Å². The fourth-order valence-electron chi connectivity index (χ4n) is 3.17. The van der Waals surface area contributed by atoms with E-state index in [1.54, 1.807) is 12.3 Å². The first-order valence-corrected chi connectivity index (χ1v) is 12.2. The molecule has 0 atom stereocenters.